The van der Waals surface area contributed by atoms with E-state index in [0.717, 1.165) is 40.5 Å². The van der Waals surface area contributed by atoms with Gasteiger partial charge in [0, 0.05) is 89.6 Å². The molecule has 10 atom stereocenters. The summed E-state index contributed by atoms with van der Waals surface area (Å²) in [7, 11) is 4.98. The van der Waals surface area contributed by atoms with Crippen LogP contribution in [0.25, 0.3) is 89.6 Å². The number of furan rings is 2. The number of rotatable bonds is 23. The Bertz CT molecular complexity index is 5840. The maximum Gasteiger partial charge on any atom is 0.407 e. The molecule has 30 nitrogen and oxygen atoms in total. The molecule has 0 bridgehead atoms. The number of fused-ring (bicyclic) bond motifs is 2. The van der Waals surface area contributed by atoms with E-state index in [1.807, 2.05) is 101 Å². The Morgan fingerprint density at radius 2 is 0.777 bits per heavy atom. The summed E-state index contributed by atoms with van der Waals surface area (Å²) in [5, 5.41) is 12.5. The number of likely N-dealkylation sites (tertiary alicyclic amines) is 4. The first kappa shape index (κ1) is 80.9. The largest absolute Gasteiger partial charge is 0.456 e. The van der Waals surface area contributed by atoms with Crippen molar-refractivity contribution in [3.05, 3.63) is 217 Å². The number of alkyl carbamates (subject to hydrolysis) is 4. The number of imidazole rings is 4. The summed E-state index contributed by atoms with van der Waals surface area (Å²) in [5.41, 5.74) is 8.42. The molecule has 4 aliphatic rings. The number of carbonyl (C=O) groups excluding carboxylic acids is 8. The van der Waals surface area contributed by atoms with Gasteiger partial charge in [-0.05, 0) is 134 Å². The van der Waals surface area contributed by atoms with Crippen LogP contribution in [-0.2, 0) is 38.1 Å². The van der Waals surface area contributed by atoms with E-state index in [0.29, 0.717) is 124 Å². The van der Waals surface area contributed by atoms with E-state index in [4.69, 9.17) is 47.7 Å². The number of benzene rings is 6. The molecule has 4 fully saturated rings. The number of halogens is 1. The molecule has 0 aliphatic carbocycles. The van der Waals surface area contributed by atoms with Crippen LogP contribution >= 0.6 is 0 Å². The van der Waals surface area contributed by atoms with Crippen molar-refractivity contribution in [3.63, 3.8) is 0 Å². The van der Waals surface area contributed by atoms with Crippen LogP contribution in [-0.4, -0.2) is 174 Å². The standard InChI is InChI=1S/C90H93FN16O14/c1-48(2)75(100-87(112)116-5)83(108)104-33-15-21-67(104)79-92-42-63(96-79)50-23-25-51(26-24-50)73-40-57-35-54(28-31-71(57)120-73)65-44-94-81(98-65)69-38-59(46-106(69)84(109)76(49(3)4)101-88(113)117-6)60-39-70(107(47-60)86(111)78(103-90(115)119-8)53-19-13-10-14-20-53)82-95-45-66(99-82)56-27-30-61(62(91)37-56)74-41-58-36-55(29-32-72(58)121-74)64-43-93-80(97-64)68-22-16-34-105(68)85(110)77(102-89(114)118-7)52-17-11-9-12-18-52/h9-14,17-20,23-32,35-37,40-45,48-49,59-60,67-70,75-78H,15-16,21-22,33-34,38-39,46-47H2,1-8H3,(H,92,96)(H,93,97)(H,94,98)(H,95,99)(H,100,112)(H,101,113)(H,102,114)(H,103,115). The molecule has 6 aromatic heterocycles. The van der Waals surface area contributed by atoms with Crippen LogP contribution in [0, 0.1) is 29.5 Å². The maximum absolute atomic E-state index is 16.9. The minimum atomic E-state index is -1.20. The maximum atomic E-state index is 16.9. The van der Waals surface area contributed by atoms with E-state index >= 15 is 14.0 Å². The Kier molecular flexibility index (Phi) is 23.1. The fourth-order valence-corrected chi connectivity index (χ4v) is 17.3. The third kappa shape index (κ3) is 16.6. The summed E-state index contributed by atoms with van der Waals surface area (Å²) in [6, 6.07) is 39.6. The van der Waals surface area contributed by atoms with E-state index in [-0.39, 0.29) is 77.9 Å². The van der Waals surface area contributed by atoms with Crippen molar-refractivity contribution in [2.75, 3.05) is 54.6 Å². The number of H-pyrrole nitrogens is 4. The lowest BCUT2D eigenvalue weighted by Gasteiger charge is -2.30. The van der Waals surface area contributed by atoms with Crippen molar-refractivity contribution in [3.8, 4) is 67.7 Å². The first-order valence-corrected chi connectivity index (χ1v) is 40.5. The predicted octanol–water partition coefficient (Wildman–Crippen LogP) is 15.0. The fourth-order valence-electron chi connectivity index (χ4n) is 17.3. The molecule has 10 heterocycles. The number of amides is 8. The summed E-state index contributed by atoms with van der Waals surface area (Å²) in [6.45, 7) is 8.80. The first-order valence-electron chi connectivity index (χ1n) is 40.5. The van der Waals surface area contributed by atoms with Crippen LogP contribution < -0.4 is 21.3 Å². The first-order chi connectivity index (χ1) is 58.6. The van der Waals surface area contributed by atoms with Gasteiger partial charge in [0.2, 0.25) is 11.8 Å². The smallest absolute Gasteiger partial charge is 0.407 e. The molecular weight excluding hydrogens is 1550 g/mol. The lowest BCUT2D eigenvalue weighted by atomic mass is 9.88. The average Bonchev–Trinajstić information content (AvgIpc) is 1.61. The molecule has 8 N–H and O–H groups in total. The number of ether oxygens (including phenoxy) is 4. The zero-order chi connectivity index (χ0) is 84.4. The fraction of sp³-hybridized carbons (Fsp3) is 0.333. The highest BCUT2D eigenvalue weighted by molar-refractivity contribution is 5.92. The number of nitrogens with zero attached hydrogens (tertiary/aromatic N) is 8. The minimum absolute atomic E-state index is 0.162. The molecule has 4 saturated heterocycles. The molecule has 31 heteroatoms. The van der Waals surface area contributed by atoms with Gasteiger partial charge in [0.05, 0.1) is 80.9 Å². The molecule has 121 heavy (non-hydrogen) atoms. The molecule has 4 aliphatic heterocycles. The van der Waals surface area contributed by atoms with Gasteiger partial charge in [0.25, 0.3) is 11.8 Å². The van der Waals surface area contributed by atoms with Crippen LogP contribution in [0.1, 0.15) is 137 Å². The average molecular weight is 1640 g/mol. The van der Waals surface area contributed by atoms with Gasteiger partial charge in [0.1, 0.15) is 76.0 Å². The normalized spacial score (nSPS) is 18.8. The quantitative estimate of drug-likeness (QED) is 0.0276. The van der Waals surface area contributed by atoms with Crippen LogP contribution in [0.15, 0.2) is 185 Å². The molecule has 0 radical (unpaired) electrons. The molecule has 8 amide bonds. The van der Waals surface area contributed by atoms with E-state index in [1.165, 1.54) is 34.5 Å². The molecule has 12 aromatic rings. The van der Waals surface area contributed by atoms with E-state index in [2.05, 4.69) is 41.2 Å². The highest BCUT2D eigenvalue weighted by atomic mass is 19.1. The summed E-state index contributed by atoms with van der Waals surface area (Å²) in [5.74, 6) is 0.0647. The Labute approximate surface area is 695 Å². The topological polar surface area (TPSA) is 376 Å². The Morgan fingerprint density at radius 3 is 1.22 bits per heavy atom. The second kappa shape index (κ2) is 34.6. The van der Waals surface area contributed by atoms with E-state index in [1.54, 1.807) is 117 Å². The monoisotopic (exact) mass is 1640 g/mol. The minimum Gasteiger partial charge on any atom is -0.456 e. The van der Waals surface area contributed by atoms with Gasteiger partial charge in [-0.2, -0.15) is 0 Å². The van der Waals surface area contributed by atoms with Crippen molar-refractivity contribution >= 4 is 69.9 Å². The van der Waals surface area contributed by atoms with Gasteiger partial charge >= 0.3 is 24.4 Å². The number of methoxy groups -OCH3 is 4. The van der Waals surface area contributed by atoms with Gasteiger partial charge in [-0.1, -0.05) is 119 Å². The van der Waals surface area contributed by atoms with Crippen molar-refractivity contribution in [2.45, 2.75) is 115 Å². The lowest BCUT2D eigenvalue weighted by molar-refractivity contribution is -0.136. The SMILES string of the molecule is COC(=O)NC(C(=O)N1CCCC1c1nc(-c2ccc3oc(-c4ccc(-c5c[nH]c(C6CC(C7CC(c8nc(-c9ccc%10oc(-c%11ccc(-c%12c[nH]c(C%13CCCN%13C(=O)C(NC(=O)OC)C(C)C)n%12)cc%11)cc%10c9)c[nH]8)N(C(=O)C(NC(=O)OC)C(C)C)C7)CN6C(=O)C(NC(=O)OC)c6ccccc6)n5)cc4F)cc3c2)c[nH]1)c1ccccc1. The zero-order valence-corrected chi connectivity index (χ0v) is 67.9. The Balaban J connectivity index is 0.638. The summed E-state index contributed by atoms with van der Waals surface area (Å²) in [4.78, 5) is 150. The molecule has 6 aromatic carbocycles. The zero-order valence-electron chi connectivity index (χ0n) is 67.9. The van der Waals surface area contributed by atoms with Crippen LogP contribution in [0.4, 0.5) is 23.6 Å². The highest BCUT2D eigenvalue weighted by Crippen LogP contribution is 2.48. The lowest BCUT2D eigenvalue weighted by Crippen LogP contribution is -2.51. The summed E-state index contributed by atoms with van der Waals surface area (Å²) < 4.78 is 49.4. The van der Waals surface area contributed by atoms with E-state index < -0.39 is 72.3 Å². The third-order valence-electron chi connectivity index (χ3n) is 23.7. The van der Waals surface area contributed by atoms with Crippen LogP contribution in [0.5, 0.6) is 0 Å². The van der Waals surface area contributed by atoms with Crippen molar-refractivity contribution < 1.29 is 70.5 Å². The third-order valence-corrected chi connectivity index (χ3v) is 23.7. The van der Waals surface area contributed by atoms with Gasteiger partial charge in [-0.25, -0.2) is 43.5 Å². The molecule has 0 spiro atoms. The van der Waals surface area contributed by atoms with Crippen molar-refractivity contribution in [2.24, 2.45) is 23.7 Å². The van der Waals surface area contributed by atoms with Crippen molar-refractivity contribution in [1.82, 2.24) is 80.7 Å². The molecule has 624 valence electrons. The Hall–Kier alpha value is -13.9. The van der Waals surface area contributed by atoms with Crippen molar-refractivity contribution in [1.29, 1.82) is 0 Å². The highest BCUT2D eigenvalue weighted by Gasteiger charge is 2.50. The number of aromatic nitrogens is 8. The van der Waals surface area contributed by atoms with Gasteiger partial charge in [-0.3, -0.25) is 19.2 Å². The summed E-state index contributed by atoms with van der Waals surface area (Å²) >= 11 is 0. The van der Waals surface area contributed by atoms with Crippen LogP contribution in [0.2, 0.25) is 0 Å². The second-order valence-corrected chi connectivity index (χ2v) is 31.7. The number of nitrogens with one attached hydrogen (secondary N) is 8. The van der Waals surface area contributed by atoms with Gasteiger partial charge < -0.3 is 88.6 Å². The number of carbonyl (C=O) groups is 8. The predicted molar refractivity (Wildman–Crippen MR) is 444 cm³/mol. The summed E-state index contributed by atoms with van der Waals surface area (Å²) in [6.07, 6.45) is 7.70. The molecular formula is C90H93FN16O14. The number of aromatic amines is 4. The number of hydrogen-bond donors (Lipinski definition) is 8. The molecule has 0 saturated carbocycles. The Morgan fingerprint density at radius 1 is 0.413 bits per heavy atom. The molecule has 16 rings (SSSR count). The number of hydrogen-bond acceptors (Lipinski definition) is 18. The molecule has 10 unspecified atom stereocenters. The van der Waals surface area contributed by atoms with Crippen LogP contribution in [0.3, 0.4) is 0 Å². The van der Waals surface area contributed by atoms with E-state index in [9.17, 15) is 28.8 Å². The van der Waals surface area contributed by atoms with Gasteiger partial charge in [0.15, 0.2) is 0 Å². The van der Waals surface area contributed by atoms with Gasteiger partial charge in [-0.15, -0.1) is 0 Å². The second-order valence-electron chi connectivity index (χ2n) is 31.7.